The Morgan fingerprint density at radius 2 is 1.69 bits per heavy atom. The lowest BCUT2D eigenvalue weighted by Crippen LogP contribution is -2.48. The molecule has 1 heterocycles. The van der Waals surface area contributed by atoms with Crippen LogP contribution < -0.4 is 0 Å². The first-order chi connectivity index (χ1) is 17.2. The van der Waals surface area contributed by atoms with E-state index >= 15 is 0 Å². The third-order valence-electron chi connectivity index (χ3n) is 5.79. The van der Waals surface area contributed by atoms with Gasteiger partial charge >= 0.3 is 12.1 Å². The Balaban J connectivity index is 1.87. The molecule has 0 radical (unpaired) electrons. The summed E-state index contributed by atoms with van der Waals surface area (Å²) in [6.07, 6.45) is 2.07. The van der Waals surface area contributed by atoms with Gasteiger partial charge in [0, 0.05) is 19.5 Å². The van der Waals surface area contributed by atoms with E-state index in [9.17, 15) is 9.59 Å². The zero-order valence-electron chi connectivity index (χ0n) is 22.2. The first-order valence-electron chi connectivity index (χ1n) is 12.9. The van der Waals surface area contributed by atoms with Crippen LogP contribution in [0.15, 0.2) is 54.6 Å². The van der Waals surface area contributed by atoms with Gasteiger partial charge in [-0.2, -0.15) is 0 Å². The molecule has 2 aromatic carbocycles. The summed E-state index contributed by atoms with van der Waals surface area (Å²) in [7, 11) is 0. The third-order valence-corrected chi connectivity index (χ3v) is 5.79. The average Bonchev–Trinajstić information content (AvgIpc) is 3.19. The Morgan fingerprint density at radius 1 is 1.00 bits per heavy atom. The molecule has 3 aromatic rings. The molecule has 1 atom stereocenters. The number of aromatic nitrogens is 2. The van der Waals surface area contributed by atoms with E-state index < -0.39 is 23.7 Å². The summed E-state index contributed by atoms with van der Waals surface area (Å²) in [5, 5.41) is 0. The number of ether oxygens (including phenoxy) is 2. The highest BCUT2D eigenvalue weighted by atomic mass is 16.6. The maximum absolute atomic E-state index is 13.4. The second kappa shape index (κ2) is 12.6. The fraction of sp³-hybridized carbons (Fsp3) is 0.483. The number of rotatable bonds is 11. The first-order valence-corrected chi connectivity index (χ1v) is 12.9. The smallest absolute Gasteiger partial charge is 0.411 e. The highest BCUT2D eigenvalue weighted by Crippen LogP contribution is 2.21. The molecule has 0 fully saturated rings. The number of imidazole rings is 1. The normalized spacial score (nSPS) is 12.4. The Labute approximate surface area is 214 Å². The van der Waals surface area contributed by atoms with E-state index in [0.717, 1.165) is 35.4 Å². The first kappa shape index (κ1) is 27.2. The third kappa shape index (κ3) is 7.33. The Morgan fingerprint density at radius 3 is 2.36 bits per heavy atom. The molecule has 36 heavy (non-hydrogen) atoms. The van der Waals surface area contributed by atoms with Crippen LogP contribution in [0.5, 0.6) is 0 Å². The summed E-state index contributed by atoms with van der Waals surface area (Å²) in [6, 6.07) is 16.8. The van der Waals surface area contributed by atoms with Gasteiger partial charge in [-0.15, -0.1) is 0 Å². The van der Waals surface area contributed by atoms with Gasteiger partial charge in [0.1, 0.15) is 24.1 Å². The highest BCUT2D eigenvalue weighted by molar-refractivity contribution is 5.81. The molecule has 0 aliphatic rings. The van der Waals surface area contributed by atoms with Crippen LogP contribution in [-0.4, -0.2) is 44.7 Å². The number of carbonyl (C=O) groups excluding carboxylic acids is 2. The molecule has 0 N–H and O–H groups in total. The van der Waals surface area contributed by atoms with Gasteiger partial charge in [0.05, 0.1) is 11.0 Å². The van der Waals surface area contributed by atoms with E-state index in [4.69, 9.17) is 14.5 Å². The lowest BCUT2D eigenvalue weighted by molar-refractivity contribution is -0.151. The van der Waals surface area contributed by atoms with Crippen molar-refractivity contribution in [1.29, 1.82) is 0 Å². The number of nitrogens with zero attached hydrogens (tertiary/aromatic N) is 3. The number of carbonyl (C=O) groups is 2. The van der Waals surface area contributed by atoms with Crippen molar-refractivity contribution < 1.29 is 19.1 Å². The SMILES string of the molecule is CCCN(C(=O)OC(C)(C)C)C(CCc1nc2ccccc2n1CCC)C(=O)OCc1ccccc1. The summed E-state index contributed by atoms with van der Waals surface area (Å²) in [5.74, 6) is 0.468. The molecule has 3 rings (SSSR count). The van der Waals surface area contributed by atoms with Crippen molar-refractivity contribution in [2.75, 3.05) is 6.54 Å². The number of benzene rings is 2. The molecule has 7 nitrogen and oxygen atoms in total. The van der Waals surface area contributed by atoms with E-state index in [1.54, 1.807) is 0 Å². The molecule has 0 saturated heterocycles. The molecule has 0 aliphatic heterocycles. The van der Waals surface area contributed by atoms with E-state index in [-0.39, 0.29) is 6.61 Å². The predicted molar refractivity (Wildman–Crippen MR) is 142 cm³/mol. The summed E-state index contributed by atoms with van der Waals surface area (Å²) < 4.78 is 13.6. The quantitative estimate of drug-likeness (QED) is 0.300. The van der Waals surface area contributed by atoms with Crippen molar-refractivity contribution in [1.82, 2.24) is 14.5 Å². The highest BCUT2D eigenvalue weighted by Gasteiger charge is 2.34. The molecular formula is C29H39N3O4. The number of hydrogen-bond donors (Lipinski definition) is 0. The van der Waals surface area contributed by atoms with Gasteiger partial charge in [-0.25, -0.2) is 14.6 Å². The monoisotopic (exact) mass is 493 g/mol. The fourth-order valence-corrected chi connectivity index (χ4v) is 4.22. The lowest BCUT2D eigenvalue weighted by Gasteiger charge is -2.32. The van der Waals surface area contributed by atoms with Crippen LogP contribution in [-0.2, 0) is 33.8 Å². The van der Waals surface area contributed by atoms with Crippen LogP contribution in [0.2, 0.25) is 0 Å². The molecule has 1 unspecified atom stereocenters. The second-order valence-electron chi connectivity index (χ2n) is 9.99. The van der Waals surface area contributed by atoms with E-state index in [1.165, 1.54) is 4.90 Å². The topological polar surface area (TPSA) is 73.7 Å². The zero-order chi connectivity index (χ0) is 26.1. The van der Waals surface area contributed by atoms with Gasteiger partial charge in [0.25, 0.3) is 0 Å². The number of amides is 1. The molecular weight excluding hydrogens is 454 g/mol. The largest absolute Gasteiger partial charge is 0.459 e. The van der Waals surface area contributed by atoms with Gasteiger partial charge in [0.15, 0.2) is 0 Å². The minimum absolute atomic E-state index is 0.152. The second-order valence-corrected chi connectivity index (χ2v) is 9.99. The van der Waals surface area contributed by atoms with Crippen LogP contribution in [0.4, 0.5) is 4.79 Å². The van der Waals surface area contributed by atoms with Crippen molar-refractivity contribution in [2.45, 2.75) is 85.1 Å². The van der Waals surface area contributed by atoms with Gasteiger partial charge in [0.2, 0.25) is 0 Å². The Kier molecular flexibility index (Phi) is 9.51. The van der Waals surface area contributed by atoms with Crippen LogP contribution in [0.3, 0.4) is 0 Å². The summed E-state index contributed by atoms with van der Waals surface area (Å²) in [5.41, 5.74) is 2.24. The number of fused-ring (bicyclic) bond motifs is 1. The van der Waals surface area contributed by atoms with Crippen LogP contribution in [0, 0.1) is 0 Å². The van der Waals surface area contributed by atoms with Gasteiger partial charge in [-0.05, 0) is 57.7 Å². The Hall–Kier alpha value is -3.35. The minimum atomic E-state index is -0.779. The summed E-state index contributed by atoms with van der Waals surface area (Å²) >= 11 is 0. The van der Waals surface area contributed by atoms with Crippen molar-refractivity contribution in [3.8, 4) is 0 Å². The summed E-state index contributed by atoms with van der Waals surface area (Å²) in [6.45, 7) is 11.0. The number of hydrogen-bond acceptors (Lipinski definition) is 5. The molecule has 0 aliphatic carbocycles. The molecule has 7 heteroatoms. The van der Waals surface area contributed by atoms with Crippen LogP contribution >= 0.6 is 0 Å². The zero-order valence-corrected chi connectivity index (χ0v) is 22.2. The van der Waals surface area contributed by atoms with E-state index in [1.807, 2.05) is 76.2 Å². The molecule has 0 bridgehead atoms. The van der Waals surface area contributed by atoms with Crippen LogP contribution in [0.25, 0.3) is 11.0 Å². The van der Waals surface area contributed by atoms with Crippen molar-refractivity contribution in [3.63, 3.8) is 0 Å². The van der Waals surface area contributed by atoms with Gasteiger partial charge < -0.3 is 14.0 Å². The van der Waals surface area contributed by atoms with Crippen LogP contribution in [0.1, 0.15) is 65.3 Å². The molecule has 0 spiro atoms. The maximum Gasteiger partial charge on any atom is 0.411 e. The number of esters is 1. The molecule has 1 amide bonds. The van der Waals surface area contributed by atoms with Crippen molar-refractivity contribution >= 4 is 23.1 Å². The Bertz CT molecular complexity index is 1130. The molecule has 194 valence electrons. The van der Waals surface area contributed by atoms with Gasteiger partial charge in [-0.1, -0.05) is 56.3 Å². The number of aryl methyl sites for hydroxylation is 2. The molecule has 1 aromatic heterocycles. The van der Waals surface area contributed by atoms with Gasteiger partial charge in [-0.3, -0.25) is 4.90 Å². The fourth-order valence-electron chi connectivity index (χ4n) is 4.22. The van der Waals surface area contributed by atoms with Crippen molar-refractivity contribution in [2.24, 2.45) is 0 Å². The van der Waals surface area contributed by atoms with E-state index in [0.29, 0.717) is 25.8 Å². The number of para-hydroxylation sites is 2. The standard InChI is InChI=1S/C29H39N3O4/c1-6-19-31-24-16-12-11-15-23(24)30-26(31)18-17-25(27(33)35-21-22-13-9-8-10-14-22)32(20-7-2)28(34)36-29(3,4)5/h8-16,25H,6-7,17-21H2,1-5H3. The summed E-state index contributed by atoms with van der Waals surface area (Å²) in [4.78, 5) is 32.9. The predicted octanol–water partition coefficient (Wildman–Crippen LogP) is 6.14. The van der Waals surface area contributed by atoms with Crippen molar-refractivity contribution in [3.05, 3.63) is 66.0 Å². The molecule has 0 saturated carbocycles. The average molecular weight is 494 g/mol. The maximum atomic E-state index is 13.4. The van der Waals surface area contributed by atoms with E-state index in [2.05, 4.69) is 17.6 Å². The minimum Gasteiger partial charge on any atom is -0.459 e. The lowest BCUT2D eigenvalue weighted by atomic mass is 10.1.